The maximum atomic E-state index is 12.9. The van der Waals surface area contributed by atoms with Gasteiger partial charge in [-0.2, -0.15) is 0 Å². The van der Waals surface area contributed by atoms with Crippen LogP contribution in [0.15, 0.2) is 23.8 Å². The highest BCUT2D eigenvalue weighted by Gasteiger charge is 2.58. The molecule has 3 rings (SSSR count). The van der Waals surface area contributed by atoms with Gasteiger partial charge < -0.3 is 5.11 Å². The molecule has 3 heteroatoms. The summed E-state index contributed by atoms with van der Waals surface area (Å²) in [5, 5.41) is 9.81. The first-order chi connectivity index (χ1) is 10.7. The van der Waals surface area contributed by atoms with Crippen molar-refractivity contribution in [2.45, 2.75) is 65.7 Å². The Labute approximate surface area is 138 Å². The number of ketones is 1. The van der Waals surface area contributed by atoms with E-state index in [2.05, 4.69) is 20.4 Å². The molecule has 0 heterocycles. The molecule has 3 nitrogen and oxygen atoms in total. The van der Waals surface area contributed by atoms with Gasteiger partial charge in [0.15, 0.2) is 5.78 Å². The third-order valence-corrected chi connectivity index (χ3v) is 7.22. The highest BCUT2D eigenvalue weighted by Crippen LogP contribution is 2.62. The molecule has 23 heavy (non-hydrogen) atoms. The number of hydrogen-bond donors (Lipinski definition) is 1. The van der Waals surface area contributed by atoms with Gasteiger partial charge in [-0.05, 0) is 61.3 Å². The van der Waals surface area contributed by atoms with Crippen molar-refractivity contribution >= 4 is 11.8 Å². The Kier molecular flexibility index (Phi) is 3.62. The van der Waals surface area contributed by atoms with Crippen LogP contribution in [0.25, 0.3) is 0 Å². The number of fused-ring (bicyclic) bond motifs is 2. The molecule has 0 radical (unpaired) electrons. The highest BCUT2D eigenvalue weighted by molar-refractivity contribution is 5.98. The minimum Gasteiger partial charge on any atom is -0.481 e. The van der Waals surface area contributed by atoms with Gasteiger partial charge in [0.25, 0.3) is 0 Å². The van der Waals surface area contributed by atoms with E-state index in [0.717, 1.165) is 37.7 Å². The first-order valence-electron chi connectivity index (χ1n) is 8.79. The minimum atomic E-state index is -0.777. The minimum absolute atomic E-state index is 0.00244. The van der Waals surface area contributed by atoms with Gasteiger partial charge in [0.1, 0.15) is 0 Å². The highest BCUT2D eigenvalue weighted by atomic mass is 16.4. The predicted octanol–water partition coefficient (Wildman–Crippen LogP) is 4.53. The van der Waals surface area contributed by atoms with Gasteiger partial charge in [-0.25, -0.2) is 0 Å². The number of carbonyl (C=O) groups excluding carboxylic acids is 1. The molecule has 0 unspecified atom stereocenters. The summed E-state index contributed by atoms with van der Waals surface area (Å²) < 4.78 is 0. The maximum Gasteiger partial charge on any atom is 0.309 e. The summed E-state index contributed by atoms with van der Waals surface area (Å²) in [6.45, 7) is 10.2. The van der Waals surface area contributed by atoms with Crippen LogP contribution in [0.1, 0.15) is 65.7 Å². The van der Waals surface area contributed by atoms with Crippen molar-refractivity contribution in [3.05, 3.63) is 23.8 Å². The zero-order valence-electron chi connectivity index (χ0n) is 14.6. The lowest BCUT2D eigenvalue weighted by Crippen LogP contribution is -2.53. The van der Waals surface area contributed by atoms with E-state index < -0.39 is 11.4 Å². The Hall–Kier alpha value is -1.38. The van der Waals surface area contributed by atoms with Crippen molar-refractivity contribution in [1.82, 2.24) is 0 Å². The molecule has 0 aromatic rings. The predicted molar refractivity (Wildman–Crippen MR) is 90.0 cm³/mol. The normalized spacial score (nSPS) is 43.6. The molecule has 0 aliphatic heterocycles. The summed E-state index contributed by atoms with van der Waals surface area (Å²) in [5.41, 5.74) is 1.36. The van der Waals surface area contributed by atoms with Crippen LogP contribution in [-0.4, -0.2) is 16.9 Å². The third-order valence-electron chi connectivity index (χ3n) is 7.22. The number of rotatable bonds is 2. The molecule has 4 atom stereocenters. The third kappa shape index (κ3) is 2.23. The smallest absolute Gasteiger partial charge is 0.309 e. The Morgan fingerprint density at radius 1 is 1.26 bits per heavy atom. The average molecular weight is 316 g/mol. The van der Waals surface area contributed by atoms with Crippen LogP contribution in [-0.2, 0) is 9.59 Å². The quantitative estimate of drug-likeness (QED) is 0.762. The number of aliphatic carboxylic acids is 1. The molecule has 0 saturated heterocycles. The van der Waals surface area contributed by atoms with Gasteiger partial charge in [0.2, 0.25) is 0 Å². The van der Waals surface area contributed by atoms with Crippen molar-refractivity contribution in [3.63, 3.8) is 0 Å². The molecule has 126 valence electrons. The van der Waals surface area contributed by atoms with Crippen molar-refractivity contribution in [3.8, 4) is 0 Å². The van der Waals surface area contributed by atoms with E-state index in [-0.39, 0.29) is 22.5 Å². The van der Waals surface area contributed by atoms with Gasteiger partial charge in [-0.15, -0.1) is 6.58 Å². The van der Waals surface area contributed by atoms with Crippen LogP contribution in [0.4, 0.5) is 0 Å². The van der Waals surface area contributed by atoms with Crippen molar-refractivity contribution in [2.75, 3.05) is 0 Å². The van der Waals surface area contributed by atoms with E-state index in [1.165, 1.54) is 5.57 Å². The Morgan fingerprint density at radius 2 is 1.96 bits per heavy atom. The first kappa shape index (κ1) is 16.5. The Bertz CT molecular complexity index is 616. The fourth-order valence-electron chi connectivity index (χ4n) is 5.48. The van der Waals surface area contributed by atoms with Crippen LogP contribution >= 0.6 is 0 Å². The standard InChI is InChI=1S/C20H28O3/c1-5-18(2)10-7-14-13(12-18)15(21)11-16-19(14,3)8-6-9-20(16,4)17(22)23/h5,16H,1,6-12H2,2-4H3,(H,22,23)/t16-,18+,19-,20-/m1/s1. The zero-order chi connectivity index (χ0) is 17.0. The molecule has 0 aromatic heterocycles. The summed E-state index contributed by atoms with van der Waals surface area (Å²) in [6, 6.07) is 0. The second-order valence-electron chi connectivity index (χ2n) is 8.67. The number of carboxylic acids is 1. The van der Waals surface area contributed by atoms with E-state index >= 15 is 0 Å². The Balaban J connectivity index is 2.09. The fraction of sp³-hybridized carbons (Fsp3) is 0.700. The van der Waals surface area contributed by atoms with Crippen molar-refractivity contribution in [1.29, 1.82) is 0 Å². The lowest BCUT2D eigenvalue weighted by Gasteiger charge is -2.55. The number of Topliss-reactive ketones (excluding diaryl/α,β-unsaturated/α-hetero) is 1. The summed E-state index contributed by atoms with van der Waals surface area (Å²) in [4.78, 5) is 24.8. The molecule has 1 saturated carbocycles. The lowest BCUT2D eigenvalue weighted by atomic mass is 9.47. The fourth-order valence-corrected chi connectivity index (χ4v) is 5.48. The molecule has 1 N–H and O–H groups in total. The number of carbonyl (C=O) groups is 2. The SMILES string of the molecule is C=C[C@@]1(C)CCC2=C(C1)C(=O)C[C@H]1[C@](C)(C(=O)O)CCC[C@]21C. The topological polar surface area (TPSA) is 54.4 Å². The molecule has 1 fully saturated rings. The summed E-state index contributed by atoms with van der Waals surface area (Å²) in [7, 11) is 0. The lowest BCUT2D eigenvalue weighted by molar-refractivity contribution is -0.160. The van der Waals surface area contributed by atoms with Gasteiger partial charge in [0.05, 0.1) is 5.41 Å². The summed E-state index contributed by atoms with van der Waals surface area (Å²) in [5.74, 6) is -0.623. The first-order valence-corrected chi connectivity index (χ1v) is 8.79. The number of hydrogen-bond acceptors (Lipinski definition) is 2. The zero-order valence-corrected chi connectivity index (χ0v) is 14.6. The molecule has 0 spiro atoms. The molecule has 0 aromatic carbocycles. The van der Waals surface area contributed by atoms with Crippen molar-refractivity contribution in [2.24, 2.45) is 22.2 Å². The van der Waals surface area contributed by atoms with E-state index in [1.807, 2.05) is 13.0 Å². The summed E-state index contributed by atoms with van der Waals surface area (Å²) in [6.07, 6.45) is 7.70. The molecule has 3 aliphatic carbocycles. The second-order valence-corrected chi connectivity index (χ2v) is 8.67. The summed E-state index contributed by atoms with van der Waals surface area (Å²) >= 11 is 0. The van der Waals surface area contributed by atoms with E-state index in [1.54, 1.807) is 0 Å². The molecule has 0 bridgehead atoms. The van der Waals surface area contributed by atoms with Crippen molar-refractivity contribution < 1.29 is 14.7 Å². The van der Waals surface area contributed by atoms with Gasteiger partial charge in [-0.1, -0.05) is 31.9 Å². The van der Waals surface area contributed by atoms with Crippen LogP contribution in [0.2, 0.25) is 0 Å². The van der Waals surface area contributed by atoms with E-state index in [0.29, 0.717) is 12.8 Å². The van der Waals surface area contributed by atoms with Crippen LogP contribution < -0.4 is 0 Å². The van der Waals surface area contributed by atoms with E-state index in [4.69, 9.17) is 0 Å². The molecular formula is C20H28O3. The van der Waals surface area contributed by atoms with Crippen LogP contribution in [0.5, 0.6) is 0 Å². The average Bonchev–Trinajstić information content (AvgIpc) is 2.50. The van der Waals surface area contributed by atoms with Crippen LogP contribution in [0, 0.1) is 22.2 Å². The van der Waals surface area contributed by atoms with E-state index in [9.17, 15) is 14.7 Å². The monoisotopic (exact) mass is 316 g/mol. The van der Waals surface area contributed by atoms with Crippen LogP contribution in [0.3, 0.4) is 0 Å². The Morgan fingerprint density at radius 3 is 2.57 bits per heavy atom. The van der Waals surface area contributed by atoms with Gasteiger partial charge in [-0.3, -0.25) is 9.59 Å². The molecule has 3 aliphatic rings. The largest absolute Gasteiger partial charge is 0.481 e. The van der Waals surface area contributed by atoms with Gasteiger partial charge in [0, 0.05) is 6.42 Å². The number of allylic oxidation sites excluding steroid dienone is 3. The molecular weight excluding hydrogens is 288 g/mol. The van der Waals surface area contributed by atoms with Gasteiger partial charge >= 0.3 is 5.97 Å². The maximum absolute atomic E-state index is 12.9. The molecule has 0 amide bonds. The second kappa shape index (κ2) is 5.06. The number of carboxylic acid groups (broad SMARTS) is 1.